The Morgan fingerprint density at radius 2 is 1.62 bits per heavy atom. The first-order valence-corrected chi connectivity index (χ1v) is 18.6. The third kappa shape index (κ3) is 6.54. The van der Waals surface area contributed by atoms with Crippen LogP contribution in [0.4, 0.5) is 0 Å². The summed E-state index contributed by atoms with van der Waals surface area (Å²) in [4.78, 5) is 13.8. The molecule has 0 amide bonds. The molecule has 0 heterocycles. The lowest BCUT2D eigenvalue weighted by molar-refractivity contribution is -0.190. The fourth-order valence-electron chi connectivity index (χ4n) is 11.5. The second-order valence-electron chi connectivity index (χ2n) is 16.8. The molecule has 1 unspecified atom stereocenters. The summed E-state index contributed by atoms with van der Waals surface area (Å²) in [5, 5.41) is 11.0. The van der Waals surface area contributed by atoms with E-state index in [-0.39, 0.29) is 18.5 Å². The van der Waals surface area contributed by atoms with E-state index in [4.69, 9.17) is 4.74 Å². The van der Waals surface area contributed by atoms with E-state index < -0.39 is 6.10 Å². The summed E-state index contributed by atoms with van der Waals surface area (Å²) in [5.41, 5.74) is 3.38. The van der Waals surface area contributed by atoms with E-state index in [9.17, 15) is 9.90 Å². The zero-order chi connectivity index (χ0) is 31.8. The fourth-order valence-corrected chi connectivity index (χ4v) is 11.5. The van der Waals surface area contributed by atoms with Gasteiger partial charge in [0.1, 0.15) is 12.2 Å². The molecule has 10 atom stereocenters. The summed E-state index contributed by atoms with van der Waals surface area (Å²) < 4.78 is 6.68. The number of aliphatic hydroxyl groups excluding tert-OH is 1. The minimum atomic E-state index is -0.701. The van der Waals surface area contributed by atoms with Crippen molar-refractivity contribution in [1.29, 1.82) is 0 Å². The summed E-state index contributed by atoms with van der Waals surface area (Å²) in [5.74, 6) is 4.77. The van der Waals surface area contributed by atoms with Gasteiger partial charge in [0.15, 0.2) is 0 Å². The number of aliphatic hydroxyl groups is 1. The summed E-state index contributed by atoms with van der Waals surface area (Å²) in [7, 11) is 0. The van der Waals surface area contributed by atoms with Crippen LogP contribution in [-0.4, -0.2) is 17.2 Å². The van der Waals surface area contributed by atoms with Gasteiger partial charge in [-0.05, 0) is 108 Å². The van der Waals surface area contributed by atoms with Crippen molar-refractivity contribution in [2.24, 2.45) is 52.3 Å². The highest BCUT2D eigenvalue weighted by atomic mass is 16.5. The molecule has 246 valence electrons. The van der Waals surface area contributed by atoms with E-state index in [1.165, 1.54) is 70.6 Å². The summed E-state index contributed by atoms with van der Waals surface area (Å²) in [6, 6.07) is 17.7. The lowest BCUT2D eigenvalue weighted by Gasteiger charge is -2.62. The Morgan fingerprint density at radius 1 is 0.867 bits per heavy atom. The minimum Gasteiger partial charge on any atom is -0.462 e. The summed E-state index contributed by atoms with van der Waals surface area (Å²) in [6.45, 7) is 12.5. The number of hydrogen-bond donors (Lipinski definition) is 1. The van der Waals surface area contributed by atoms with E-state index in [2.05, 4.69) is 34.6 Å². The van der Waals surface area contributed by atoms with Crippen LogP contribution >= 0.6 is 0 Å². The maximum atomic E-state index is 13.8. The molecule has 0 radical (unpaired) electrons. The molecule has 4 aliphatic carbocycles. The van der Waals surface area contributed by atoms with Gasteiger partial charge in [-0.15, -0.1) is 0 Å². The predicted octanol–water partition coefficient (Wildman–Crippen LogP) is 10.3. The first-order chi connectivity index (χ1) is 21.6. The third-order valence-electron chi connectivity index (χ3n) is 13.8. The number of esters is 1. The molecule has 2 aromatic rings. The Bertz CT molecular complexity index is 1290. The van der Waals surface area contributed by atoms with Gasteiger partial charge in [0.2, 0.25) is 0 Å². The van der Waals surface area contributed by atoms with Crippen LogP contribution in [0, 0.1) is 52.3 Å². The van der Waals surface area contributed by atoms with Crippen LogP contribution in [0.2, 0.25) is 0 Å². The number of carbonyl (C=O) groups excluding carboxylic acids is 1. The fraction of sp³-hybridized carbons (Fsp3) is 0.690. The minimum absolute atomic E-state index is 0.0383. The lowest BCUT2D eigenvalue weighted by Crippen LogP contribution is -2.58. The van der Waals surface area contributed by atoms with Crippen molar-refractivity contribution in [3.63, 3.8) is 0 Å². The first kappa shape index (κ1) is 32.8. The van der Waals surface area contributed by atoms with Crippen molar-refractivity contribution >= 4 is 5.97 Å². The molecule has 0 aliphatic heterocycles. The lowest BCUT2D eigenvalue weighted by atomic mass is 9.44. The van der Waals surface area contributed by atoms with Crippen LogP contribution in [0.5, 0.6) is 0 Å². The van der Waals surface area contributed by atoms with Gasteiger partial charge in [0, 0.05) is 5.92 Å². The maximum absolute atomic E-state index is 13.8. The zero-order valence-electron chi connectivity index (χ0n) is 28.8. The smallest absolute Gasteiger partial charge is 0.310 e. The largest absolute Gasteiger partial charge is 0.462 e. The molecule has 4 fully saturated rings. The molecule has 6 rings (SSSR count). The van der Waals surface area contributed by atoms with Gasteiger partial charge < -0.3 is 9.84 Å². The second-order valence-corrected chi connectivity index (χ2v) is 16.8. The van der Waals surface area contributed by atoms with Crippen LogP contribution in [0.1, 0.15) is 134 Å². The van der Waals surface area contributed by atoms with E-state index in [1.807, 2.05) is 54.6 Å². The molecule has 0 spiro atoms. The number of fused-ring (bicyclic) bond motifs is 5. The van der Waals surface area contributed by atoms with Crippen molar-refractivity contribution in [3.05, 3.63) is 71.3 Å². The van der Waals surface area contributed by atoms with Gasteiger partial charge in [-0.2, -0.15) is 0 Å². The monoisotopic (exact) mass is 612 g/mol. The van der Waals surface area contributed by atoms with E-state index in [0.29, 0.717) is 34.5 Å². The number of rotatable bonds is 10. The second kappa shape index (κ2) is 13.5. The molecular weight excluding hydrogens is 552 g/mol. The molecule has 45 heavy (non-hydrogen) atoms. The molecule has 3 heteroatoms. The third-order valence-corrected chi connectivity index (χ3v) is 13.8. The van der Waals surface area contributed by atoms with Gasteiger partial charge in [-0.1, -0.05) is 121 Å². The van der Waals surface area contributed by atoms with Gasteiger partial charge in [0.25, 0.3) is 0 Å². The number of carbonyl (C=O) groups is 1. The van der Waals surface area contributed by atoms with Gasteiger partial charge in [-0.3, -0.25) is 4.79 Å². The summed E-state index contributed by atoms with van der Waals surface area (Å²) >= 11 is 0. The Morgan fingerprint density at radius 3 is 2.40 bits per heavy atom. The molecular formula is C42H60O3. The highest BCUT2D eigenvalue weighted by Crippen LogP contribution is 2.68. The van der Waals surface area contributed by atoms with Gasteiger partial charge >= 0.3 is 5.97 Å². The van der Waals surface area contributed by atoms with E-state index >= 15 is 0 Å². The predicted molar refractivity (Wildman–Crippen MR) is 184 cm³/mol. The highest BCUT2D eigenvalue weighted by molar-refractivity contribution is 5.73. The molecule has 0 aromatic heterocycles. The van der Waals surface area contributed by atoms with Crippen molar-refractivity contribution in [3.8, 4) is 0 Å². The molecule has 0 bridgehead atoms. The highest BCUT2D eigenvalue weighted by Gasteiger charge is 2.63. The average Bonchev–Trinajstić information content (AvgIpc) is 3.38. The molecule has 0 saturated heterocycles. The van der Waals surface area contributed by atoms with Crippen LogP contribution in [0.15, 0.2) is 54.6 Å². The number of hydrogen-bond acceptors (Lipinski definition) is 3. The molecule has 1 N–H and O–H groups in total. The van der Waals surface area contributed by atoms with Gasteiger partial charge in [0.05, 0.1) is 6.42 Å². The SMILES string of the molecule is CC(C)CCC[C@@H](C)[C@H]1CC[C@H]2[C@@H]3[C@H](OC(=O)Cc4cccc(C(O)c5ccccc5)c4)C[C@H]4CCCC[C@]4(C)[C@H]3CC[C@]12C. The zero-order valence-corrected chi connectivity index (χ0v) is 28.8. The van der Waals surface area contributed by atoms with Crippen molar-refractivity contribution in [1.82, 2.24) is 0 Å². The molecule has 4 saturated carbocycles. The van der Waals surface area contributed by atoms with Crippen LogP contribution in [-0.2, 0) is 16.0 Å². The van der Waals surface area contributed by atoms with Crippen molar-refractivity contribution < 1.29 is 14.6 Å². The quantitative estimate of drug-likeness (QED) is 0.272. The Hall–Kier alpha value is -2.13. The van der Waals surface area contributed by atoms with E-state index in [0.717, 1.165) is 40.9 Å². The molecule has 4 aliphatic rings. The summed E-state index contributed by atoms with van der Waals surface area (Å²) in [6.07, 6.45) is 15.4. The first-order valence-electron chi connectivity index (χ1n) is 18.6. The topological polar surface area (TPSA) is 46.5 Å². The van der Waals surface area contributed by atoms with Crippen molar-refractivity contribution in [2.45, 2.75) is 130 Å². The maximum Gasteiger partial charge on any atom is 0.310 e. The Balaban J connectivity index is 1.20. The Labute approximate surface area is 273 Å². The van der Waals surface area contributed by atoms with E-state index in [1.54, 1.807) is 0 Å². The molecule has 3 nitrogen and oxygen atoms in total. The normalized spacial score (nSPS) is 35.6. The standard InChI is InChI=1S/C42H60O3/c1-28(2)13-11-14-29(3)34-20-21-35-39-36(22-24-42(34,35)5)41(4)23-10-9-19-33(41)27-37(39)45-38(43)26-30-15-12-18-32(25-30)40(44)31-16-7-6-8-17-31/h6-8,12,15-18,25,28-29,33-37,39-40,44H,9-11,13-14,19-24,26-27H2,1-5H3/t29-,33-,34-,35+,36+,37-,39+,40?,41+,42-/m1/s1. The van der Waals surface area contributed by atoms with Crippen LogP contribution in [0.25, 0.3) is 0 Å². The number of benzene rings is 2. The van der Waals surface area contributed by atoms with Crippen molar-refractivity contribution in [2.75, 3.05) is 0 Å². The number of ether oxygens (including phenoxy) is 1. The average molecular weight is 613 g/mol. The van der Waals surface area contributed by atoms with Crippen LogP contribution in [0.3, 0.4) is 0 Å². The Kier molecular flexibility index (Phi) is 9.87. The van der Waals surface area contributed by atoms with Crippen LogP contribution < -0.4 is 0 Å². The van der Waals surface area contributed by atoms with Gasteiger partial charge in [-0.25, -0.2) is 0 Å². The molecule has 2 aromatic carbocycles.